The summed E-state index contributed by atoms with van der Waals surface area (Å²) in [5.74, 6) is 0.197. The number of amides is 1. The van der Waals surface area contributed by atoms with Gasteiger partial charge in [0.1, 0.15) is 22.8 Å². The van der Waals surface area contributed by atoms with Gasteiger partial charge in [0.25, 0.3) is 5.91 Å². The van der Waals surface area contributed by atoms with Crippen LogP contribution in [0.1, 0.15) is 34.0 Å². The van der Waals surface area contributed by atoms with Crippen molar-refractivity contribution in [3.8, 4) is 11.3 Å². The van der Waals surface area contributed by atoms with E-state index in [9.17, 15) is 9.18 Å². The van der Waals surface area contributed by atoms with Gasteiger partial charge in [-0.2, -0.15) is 0 Å². The molecule has 132 valence electrons. The molecule has 0 aliphatic carbocycles. The Morgan fingerprint density at radius 1 is 1.15 bits per heavy atom. The van der Waals surface area contributed by atoms with Crippen LogP contribution in [-0.4, -0.2) is 29.1 Å². The summed E-state index contributed by atoms with van der Waals surface area (Å²) in [6.45, 7) is 2.84. The Bertz CT molecular complexity index is 936. The first kappa shape index (κ1) is 16.5. The number of benzene rings is 2. The summed E-state index contributed by atoms with van der Waals surface area (Å²) in [5, 5.41) is 4.09. The SMILES string of the molecule is Cc1onc(-c2ccccc2)c1C(=O)N1CC[C@@H](c2ccccc2F)C1. The second kappa shape index (κ2) is 6.75. The van der Waals surface area contributed by atoms with E-state index in [4.69, 9.17) is 4.52 Å². The molecule has 0 radical (unpaired) electrons. The van der Waals surface area contributed by atoms with Crippen LogP contribution in [0.25, 0.3) is 11.3 Å². The minimum atomic E-state index is -0.210. The second-order valence-corrected chi connectivity index (χ2v) is 6.59. The number of halogens is 1. The second-order valence-electron chi connectivity index (χ2n) is 6.59. The van der Waals surface area contributed by atoms with Crippen LogP contribution in [0.3, 0.4) is 0 Å². The molecule has 1 fully saturated rings. The molecule has 0 saturated carbocycles. The summed E-state index contributed by atoms with van der Waals surface area (Å²) in [7, 11) is 0. The number of carbonyl (C=O) groups is 1. The molecule has 1 aliphatic heterocycles. The molecule has 4 rings (SSSR count). The zero-order valence-corrected chi connectivity index (χ0v) is 14.5. The molecule has 0 bridgehead atoms. The number of hydrogen-bond acceptors (Lipinski definition) is 3. The van der Waals surface area contributed by atoms with Crippen molar-refractivity contribution < 1.29 is 13.7 Å². The van der Waals surface area contributed by atoms with Crippen molar-refractivity contribution in [1.29, 1.82) is 0 Å². The smallest absolute Gasteiger partial charge is 0.259 e. The molecule has 1 aliphatic rings. The average molecular weight is 350 g/mol. The molecule has 1 amide bonds. The van der Waals surface area contributed by atoms with E-state index < -0.39 is 0 Å². The monoisotopic (exact) mass is 350 g/mol. The fraction of sp³-hybridized carbons (Fsp3) is 0.238. The van der Waals surface area contributed by atoms with Crippen molar-refractivity contribution in [3.05, 3.63) is 77.3 Å². The molecule has 1 atom stereocenters. The van der Waals surface area contributed by atoms with E-state index >= 15 is 0 Å². The first-order valence-corrected chi connectivity index (χ1v) is 8.70. The van der Waals surface area contributed by atoms with E-state index in [1.54, 1.807) is 24.0 Å². The topological polar surface area (TPSA) is 46.3 Å². The Morgan fingerprint density at radius 3 is 2.65 bits per heavy atom. The maximum Gasteiger partial charge on any atom is 0.259 e. The number of hydrogen-bond donors (Lipinski definition) is 0. The molecule has 0 unspecified atom stereocenters. The molecule has 0 spiro atoms. The summed E-state index contributed by atoms with van der Waals surface area (Å²) in [6.07, 6.45) is 0.748. The van der Waals surface area contributed by atoms with Gasteiger partial charge in [0.05, 0.1) is 0 Å². The number of carbonyl (C=O) groups excluding carboxylic acids is 1. The van der Waals surface area contributed by atoms with E-state index in [1.807, 2.05) is 36.4 Å². The van der Waals surface area contributed by atoms with Crippen LogP contribution in [0.15, 0.2) is 59.1 Å². The highest BCUT2D eigenvalue weighted by Crippen LogP contribution is 2.32. The van der Waals surface area contributed by atoms with E-state index in [0.29, 0.717) is 35.7 Å². The Morgan fingerprint density at radius 2 is 1.88 bits per heavy atom. The quantitative estimate of drug-likeness (QED) is 0.702. The van der Waals surface area contributed by atoms with Crippen molar-refractivity contribution in [2.45, 2.75) is 19.3 Å². The molecule has 5 heteroatoms. The van der Waals surface area contributed by atoms with Crippen LogP contribution < -0.4 is 0 Å². The average Bonchev–Trinajstić information content (AvgIpc) is 3.29. The Hall–Kier alpha value is -2.95. The lowest BCUT2D eigenvalue weighted by molar-refractivity contribution is 0.0789. The van der Waals surface area contributed by atoms with Crippen LogP contribution in [-0.2, 0) is 0 Å². The Labute approximate surface area is 151 Å². The van der Waals surface area contributed by atoms with Crippen molar-refractivity contribution >= 4 is 5.91 Å². The lowest BCUT2D eigenvalue weighted by Gasteiger charge is -2.17. The van der Waals surface area contributed by atoms with E-state index in [0.717, 1.165) is 12.0 Å². The summed E-state index contributed by atoms with van der Waals surface area (Å²) in [5.41, 5.74) is 2.57. The van der Waals surface area contributed by atoms with Crippen LogP contribution in [0.4, 0.5) is 4.39 Å². The van der Waals surface area contributed by atoms with Gasteiger partial charge < -0.3 is 9.42 Å². The maximum atomic E-state index is 14.1. The molecular formula is C21H19FN2O2. The predicted molar refractivity (Wildman–Crippen MR) is 96.3 cm³/mol. The highest BCUT2D eigenvalue weighted by molar-refractivity contribution is 6.01. The van der Waals surface area contributed by atoms with Gasteiger partial charge in [0.15, 0.2) is 0 Å². The predicted octanol–water partition coefficient (Wildman–Crippen LogP) is 4.42. The van der Waals surface area contributed by atoms with Crippen molar-refractivity contribution in [2.75, 3.05) is 13.1 Å². The molecule has 2 heterocycles. The summed E-state index contributed by atoms with van der Waals surface area (Å²) in [6, 6.07) is 16.3. The summed E-state index contributed by atoms with van der Waals surface area (Å²) in [4.78, 5) is 14.9. The minimum absolute atomic E-state index is 0.0143. The third-order valence-electron chi connectivity index (χ3n) is 4.94. The van der Waals surface area contributed by atoms with Gasteiger partial charge in [-0.3, -0.25) is 4.79 Å². The summed E-state index contributed by atoms with van der Waals surface area (Å²) >= 11 is 0. The number of aryl methyl sites for hydroxylation is 1. The van der Waals surface area contributed by atoms with E-state index in [-0.39, 0.29) is 17.6 Å². The maximum absolute atomic E-state index is 14.1. The fourth-order valence-electron chi connectivity index (χ4n) is 3.58. The molecule has 4 nitrogen and oxygen atoms in total. The number of rotatable bonds is 3. The molecule has 2 aromatic carbocycles. The molecule has 3 aromatic rings. The van der Waals surface area contributed by atoms with Crippen LogP contribution in [0.5, 0.6) is 0 Å². The van der Waals surface area contributed by atoms with E-state index in [1.165, 1.54) is 6.07 Å². The zero-order valence-electron chi connectivity index (χ0n) is 14.5. The fourth-order valence-corrected chi connectivity index (χ4v) is 3.58. The van der Waals surface area contributed by atoms with Crippen LogP contribution in [0, 0.1) is 12.7 Å². The minimum Gasteiger partial charge on any atom is -0.360 e. The number of likely N-dealkylation sites (tertiary alicyclic amines) is 1. The highest BCUT2D eigenvalue weighted by Gasteiger charge is 2.32. The first-order valence-electron chi connectivity index (χ1n) is 8.70. The van der Waals surface area contributed by atoms with Crippen LogP contribution in [0.2, 0.25) is 0 Å². The molecule has 1 aromatic heterocycles. The van der Waals surface area contributed by atoms with Crippen molar-refractivity contribution in [1.82, 2.24) is 10.1 Å². The number of aromatic nitrogens is 1. The highest BCUT2D eigenvalue weighted by atomic mass is 19.1. The van der Waals surface area contributed by atoms with Crippen molar-refractivity contribution in [3.63, 3.8) is 0 Å². The molecule has 0 N–H and O–H groups in total. The molecule has 1 saturated heterocycles. The zero-order chi connectivity index (χ0) is 18.1. The lowest BCUT2D eigenvalue weighted by Crippen LogP contribution is -2.29. The lowest BCUT2D eigenvalue weighted by atomic mass is 9.98. The summed E-state index contributed by atoms with van der Waals surface area (Å²) < 4.78 is 19.4. The van der Waals surface area contributed by atoms with Gasteiger partial charge in [0, 0.05) is 24.6 Å². The van der Waals surface area contributed by atoms with Crippen molar-refractivity contribution in [2.24, 2.45) is 0 Å². The normalized spacial score (nSPS) is 16.8. The van der Waals surface area contributed by atoms with Gasteiger partial charge in [-0.25, -0.2) is 4.39 Å². The van der Waals surface area contributed by atoms with Gasteiger partial charge in [-0.1, -0.05) is 53.7 Å². The Balaban J connectivity index is 1.60. The molecular weight excluding hydrogens is 331 g/mol. The third-order valence-corrected chi connectivity index (χ3v) is 4.94. The van der Waals surface area contributed by atoms with Gasteiger partial charge in [-0.05, 0) is 25.0 Å². The van der Waals surface area contributed by atoms with Crippen LogP contribution >= 0.6 is 0 Å². The standard InChI is InChI=1S/C21H19FN2O2/c1-14-19(20(23-26-14)15-7-3-2-4-8-15)21(25)24-12-11-16(13-24)17-9-5-6-10-18(17)22/h2-10,16H,11-13H2,1H3/t16-/m1/s1. The van der Waals surface area contributed by atoms with Gasteiger partial charge >= 0.3 is 0 Å². The van der Waals surface area contributed by atoms with Gasteiger partial charge in [0.2, 0.25) is 0 Å². The Kier molecular flexibility index (Phi) is 4.29. The number of nitrogens with zero attached hydrogens (tertiary/aromatic N) is 2. The van der Waals surface area contributed by atoms with E-state index in [2.05, 4.69) is 5.16 Å². The van der Waals surface area contributed by atoms with Gasteiger partial charge in [-0.15, -0.1) is 0 Å². The third kappa shape index (κ3) is 2.90. The first-order chi connectivity index (χ1) is 12.6. The largest absolute Gasteiger partial charge is 0.360 e. The molecule has 26 heavy (non-hydrogen) atoms.